The van der Waals surface area contributed by atoms with Crippen LogP contribution in [0.15, 0.2) is 23.8 Å². The first-order valence-electron chi connectivity index (χ1n) is 9.09. The third kappa shape index (κ3) is 1.70. The van der Waals surface area contributed by atoms with Gasteiger partial charge >= 0.3 is 0 Å². The van der Waals surface area contributed by atoms with E-state index in [0.717, 1.165) is 31.1 Å². The van der Waals surface area contributed by atoms with Crippen molar-refractivity contribution in [2.75, 3.05) is 19.9 Å². The fourth-order valence-electron chi connectivity index (χ4n) is 5.65. The first-order valence-corrected chi connectivity index (χ1v) is 9.09. The molecular formula is C19H22N2O3. The standard InChI is InChI=1S/C19H22N2O3/c22-14-8-21-7-11-5-15-16(24-9-23-15)6-12(11)17-18-10(2-1-3-20-18)4-13(14)19(17)21/h4-6,10,14,17-20,22H,1-3,7-9H2/t10-,14?,17?,18-,19+/m0/s1. The quantitative estimate of drug-likeness (QED) is 0.705. The molecular weight excluding hydrogens is 304 g/mol. The topological polar surface area (TPSA) is 54.0 Å². The van der Waals surface area contributed by atoms with E-state index in [1.807, 2.05) is 0 Å². The third-order valence-corrected chi connectivity index (χ3v) is 6.58. The summed E-state index contributed by atoms with van der Waals surface area (Å²) in [6, 6.07) is 5.16. The van der Waals surface area contributed by atoms with E-state index in [-0.39, 0.29) is 6.10 Å². The summed E-state index contributed by atoms with van der Waals surface area (Å²) in [5.74, 6) is 2.67. The molecule has 2 saturated heterocycles. The smallest absolute Gasteiger partial charge is 0.231 e. The van der Waals surface area contributed by atoms with Crippen LogP contribution < -0.4 is 14.8 Å². The molecule has 1 aromatic rings. The molecule has 0 radical (unpaired) electrons. The Balaban J connectivity index is 1.54. The maximum atomic E-state index is 10.6. The molecule has 4 aliphatic heterocycles. The van der Waals surface area contributed by atoms with Gasteiger partial charge in [0.15, 0.2) is 11.5 Å². The minimum Gasteiger partial charge on any atom is -0.454 e. The van der Waals surface area contributed by atoms with Crippen molar-refractivity contribution >= 4 is 0 Å². The van der Waals surface area contributed by atoms with Gasteiger partial charge in [0.1, 0.15) is 0 Å². The summed E-state index contributed by atoms with van der Waals surface area (Å²) in [5, 5.41) is 14.4. The molecule has 4 heterocycles. The Hall–Kier alpha value is -1.56. The van der Waals surface area contributed by atoms with Crippen LogP contribution in [0, 0.1) is 5.92 Å². The van der Waals surface area contributed by atoms with E-state index in [2.05, 4.69) is 28.4 Å². The molecule has 0 amide bonds. The van der Waals surface area contributed by atoms with E-state index < -0.39 is 0 Å². The summed E-state index contributed by atoms with van der Waals surface area (Å²) in [6.45, 7) is 3.06. The number of aliphatic hydroxyl groups excluding tert-OH is 1. The summed E-state index contributed by atoms with van der Waals surface area (Å²) < 4.78 is 11.2. The summed E-state index contributed by atoms with van der Waals surface area (Å²) in [6.07, 6.45) is 4.52. The van der Waals surface area contributed by atoms with Crippen molar-refractivity contribution in [1.82, 2.24) is 10.2 Å². The zero-order valence-electron chi connectivity index (χ0n) is 13.6. The number of nitrogens with zero attached hydrogens (tertiary/aromatic N) is 1. The Morgan fingerprint density at radius 3 is 3.00 bits per heavy atom. The number of ether oxygens (including phenoxy) is 2. The lowest BCUT2D eigenvalue weighted by Gasteiger charge is -2.49. The van der Waals surface area contributed by atoms with Gasteiger partial charge in [0, 0.05) is 31.1 Å². The van der Waals surface area contributed by atoms with Crippen molar-refractivity contribution in [3.05, 3.63) is 34.9 Å². The lowest BCUT2D eigenvalue weighted by Crippen LogP contribution is -2.55. The molecule has 5 nitrogen and oxygen atoms in total. The molecule has 2 fully saturated rings. The highest BCUT2D eigenvalue weighted by Crippen LogP contribution is 2.51. The first-order chi connectivity index (χ1) is 11.8. The molecule has 2 unspecified atom stereocenters. The molecule has 2 N–H and O–H groups in total. The average Bonchev–Trinajstić information content (AvgIpc) is 3.17. The van der Waals surface area contributed by atoms with Gasteiger partial charge in [-0.3, -0.25) is 4.90 Å². The van der Waals surface area contributed by atoms with Crippen LogP contribution in [0.25, 0.3) is 0 Å². The van der Waals surface area contributed by atoms with E-state index in [9.17, 15) is 5.11 Å². The highest BCUT2D eigenvalue weighted by molar-refractivity contribution is 5.54. The van der Waals surface area contributed by atoms with Crippen molar-refractivity contribution in [2.45, 2.75) is 43.5 Å². The van der Waals surface area contributed by atoms with Gasteiger partial charge in [0.25, 0.3) is 0 Å². The number of piperidine rings is 1. The van der Waals surface area contributed by atoms with Gasteiger partial charge in [0.05, 0.1) is 6.10 Å². The van der Waals surface area contributed by atoms with E-state index in [4.69, 9.17) is 9.47 Å². The van der Waals surface area contributed by atoms with Gasteiger partial charge in [-0.05, 0) is 54.1 Å². The number of hydrogen-bond acceptors (Lipinski definition) is 5. The minimum atomic E-state index is -0.311. The van der Waals surface area contributed by atoms with Crippen molar-refractivity contribution in [2.24, 2.45) is 5.92 Å². The molecule has 5 atom stereocenters. The second kappa shape index (κ2) is 4.75. The molecule has 1 aliphatic carbocycles. The minimum absolute atomic E-state index is 0.311. The summed E-state index contributed by atoms with van der Waals surface area (Å²) in [7, 11) is 0. The third-order valence-electron chi connectivity index (χ3n) is 6.58. The second-order valence-corrected chi connectivity index (χ2v) is 7.77. The lowest BCUT2D eigenvalue weighted by molar-refractivity contribution is 0.142. The Kier molecular flexibility index (Phi) is 2.71. The molecule has 0 aromatic heterocycles. The van der Waals surface area contributed by atoms with Crippen molar-refractivity contribution in [3.63, 3.8) is 0 Å². The fourth-order valence-corrected chi connectivity index (χ4v) is 5.65. The molecule has 24 heavy (non-hydrogen) atoms. The van der Waals surface area contributed by atoms with Gasteiger partial charge in [0.2, 0.25) is 6.79 Å². The second-order valence-electron chi connectivity index (χ2n) is 7.77. The zero-order chi connectivity index (χ0) is 15.8. The molecule has 5 heteroatoms. The molecule has 0 spiro atoms. The first kappa shape index (κ1) is 13.7. The number of fused-ring (bicyclic) bond motifs is 5. The summed E-state index contributed by atoms with van der Waals surface area (Å²) in [4.78, 5) is 2.46. The number of hydrogen-bond donors (Lipinski definition) is 2. The fraction of sp³-hybridized carbons (Fsp3) is 0.579. The Morgan fingerprint density at radius 2 is 2.08 bits per heavy atom. The Bertz CT molecular complexity index is 746. The van der Waals surface area contributed by atoms with Crippen LogP contribution in [0.5, 0.6) is 11.5 Å². The molecule has 0 bridgehead atoms. The highest BCUT2D eigenvalue weighted by atomic mass is 16.7. The zero-order valence-corrected chi connectivity index (χ0v) is 13.6. The average molecular weight is 326 g/mol. The van der Waals surface area contributed by atoms with Crippen LogP contribution in [-0.4, -0.2) is 48.1 Å². The normalized spacial score (nSPS) is 39.0. The molecule has 6 rings (SSSR count). The number of nitrogens with one attached hydrogen (secondary N) is 1. The van der Waals surface area contributed by atoms with Gasteiger partial charge in [-0.2, -0.15) is 0 Å². The maximum absolute atomic E-state index is 10.6. The van der Waals surface area contributed by atoms with Gasteiger partial charge in [-0.15, -0.1) is 0 Å². The van der Waals surface area contributed by atoms with Crippen LogP contribution in [0.1, 0.15) is 29.9 Å². The van der Waals surface area contributed by atoms with Crippen LogP contribution in [0.4, 0.5) is 0 Å². The van der Waals surface area contributed by atoms with Crippen LogP contribution >= 0.6 is 0 Å². The van der Waals surface area contributed by atoms with E-state index in [0.29, 0.717) is 30.7 Å². The van der Waals surface area contributed by atoms with Gasteiger partial charge in [-0.1, -0.05) is 6.08 Å². The van der Waals surface area contributed by atoms with Crippen LogP contribution in [-0.2, 0) is 6.54 Å². The molecule has 0 saturated carbocycles. The van der Waals surface area contributed by atoms with E-state index in [1.165, 1.54) is 29.5 Å². The summed E-state index contributed by atoms with van der Waals surface area (Å²) in [5.41, 5.74) is 3.99. The predicted molar refractivity (Wildman–Crippen MR) is 88.1 cm³/mol. The predicted octanol–water partition coefficient (Wildman–Crippen LogP) is 1.37. The number of rotatable bonds is 0. The Labute approximate surface area is 141 Å². The number of benzene rings is 1. The van der Waals surface area contributed by atoms with Crippen molar-refractivity contribution < 1.29 is 14.6 Å². The van der Waals surface area contributed by atoms with Crippen LogP contribution in [0.2, 0.25) is 0 Å². The number of aliphatic hydroxyl groups is 1. The van der Waals surface area contributed by atoms with Crippen molar-refractivity contribution in [1.29, 1.82) is 0 Å². The SMILES string of the molecule is OC1CN2Cc3cc4c(cc3C3[C@H]5NCCC[C@H]5C=C1[C@H]32)OCO4. The summed E-state index contributed by atoms with van der Waals surface area (Å²) >= 11 is 0. The van der Waals surface area contributed by atoms with Crippen molar-refractivity contribution in [3.8, 4) is 11.5 Å². The van der Waals surface area contributed by atoms with Gasteiger partial charge < -0.3 is 19.9 Å². The molecule has 126 valence electrons. The van der Waals surface area contributed by atoms with Gasteiger partial charge in [-0.25, -0.2) is 0 Å². The van der Waals surface area contributed by atoms with E-state index in [1.54, 1.807) is 0 Å². The monoisotopic (exact) mass is 326 g/mol. The lowest BCUT2D eigenvalue weighted by atomic mass is 9.67. The molecule has 1 aromatic carbocycles. The van der Waals surface area contributed by atoms with Crippen LogP contribution in [0.3, 0.4) is 0 Å². The largest absolute Gasteiger partial charge is 0.454 e. The molecule has 5 aliphatic rings. The maximum Gasteiger partial charge on any atom is 0.231 e. The van der Waals surface area contributed by atoms with E-state index >= 15 is 0 Å². The highest BCUT2D eigenvalue weighted by Gasteiger charge is 2.52. The Morgan fingerprint density at radius 1 is 1.21 bits per heavy atom.